The highest BCUT2D eigenvalue weighted by molar-refractivity contribution is 6.07. The van der Waals surface area contributed by atoms with Crippen LogP contribution in [0.5, 0.6) is 23.0 Å². The summed E-state index contributed by atoms with van der Waals surface area (Å²) >= 11 is 0. The third-order valence-corrected chi connectivity index (χ3v) is 16.2. The molecule has 4 heterocycles. The lowest BCUT2D eigenvalue weighted by Crippen LogP contribution is -2.50. The Labute approximate surface area is 488 Å². The van der Waals surface area contributed by atoms with Crippen molar-refractivity contribution in [2.24, 2.45) is 17.3 Å². The van der Waals surface area contributed by atoms with E-state index in [9.17, 15) is 38.7 Å². The lowest BCUT2D eigenvalue weighted by molar-refractivity contribution is -0.146. The number of nitrogens with zero attached hydrogens (tertiary/aromatic N) is 4. The average Bonchev–Trinajstić information content (AvgIpc) is 2.18. The number of nitrogens with one attached hydrogen (secondary N) is 1. The maximum absolute atomic E-state index is 14.4. The number of rotatable bonds is 23. The molecule has 1 aliphatic carbocycles. The van der Waals surface area contributed by atoms with Gasteiger partial charge in [-0.1, -0.05) is 75.6 Å². The van der Waals surface area contributed by atoms with E-state index in [1.54, 1.807) is 79.3 Å². The summed E-state index contributed by atoms with van der Waals surface area (Å²) in [5, 5.41) is 14.9. The van der Waals surface area contributed by atoms with Gasteiger partial charge in [-0.2, -0.15) is 0 Å². The van der Waals surface area contributed by atoms with E-state index in [4.69, 9.17) is 33.2 Å². The van der Waals surface area contributed by atoms with Crippen LogP contribution in [0.1, 0.15) is 102 Å². The highest BCUT2D eigenvalue weighted by Gasteiger charge is 2.58. The number of benzene rings is 4. The SMILES string of the molecule is C=CCOC(=O)C[C@H](C(=O)N[C@@H](C)C(=O)Cc1ccc(COC(=O)N2c3cc(OCCCOc4cc5c(cc4OC)C(=O)N4C=C(c6cccc(OC)c6)C[C@H]4CN5C(=O)OCC=C)c(C)cc3C(=O)N3CC4(CC4)C[C@H]3C2O)cc1)C(C)C. The average molecular weight is 1150 g/mol. The summed E-state index contributed by atoms with van der Waals surface area (Å²) in [5.41, 5.74) is 4.41. The molecule has 2 fully saturated rings. The van der Waals surface area contributed by atoms with Gasteiger partial charge >= 0.3 is 18.2 Å². The van der Waals surface area contributed by atoms with Crippen molar-refractivity contribution >= 4 is 58.6 Å². The summed E-state index contributed by atoms with van der Waals surface area (Å²) in [7, 11) is 3.05. The van der Waals surface area contributed by atoms with Crippen LogP contribution < -0.4 is 34.1 Å². The zero-order valence-electron chi connectivity index (χ0n) is 48.4. The predicted molar refractivity (Wildman–Crippen MR) is 311 cm³/mol. The summed E-state index contributed by atoms with van der Waals surface area (Å²) in [6, 6.07) is 18.9. The number of esters is 1. The first kappa shape index (κ1) is 60.0. The first-order valence-corrected chi connectivity index (χ1v) is 28.3. The standard InChI is InChI=1S/C64H73N5O15/c1-9-21-82-57(71)30-47(38(3)4)58(72)65-40(6)53(70)26-41-15-17-42(18-16-41)36-84-63(77)69-51-32-54(39(5)25-48(51)60(74)68-37-64(19-20-64)33-52(68)61(69)75)80-23-12-24-81-56-31-50-49(29-55(56)79-8)59(73)66-34-44(43-13-11-14-46(28-43)78-7)27-45(66)35-67(50)62(76)83-22-10-2/h9-11,13-18,25,28-29,31-32,34,38,40,45,47,52,61,75H,1-2,12,19-24,26-27,30,33,35-37H2,3-8H3,(H,65,72)/t40-,45-,47-,52-,61?/m0/s1. The minimum atomic E-state index is -1.44. The van der Waals surface area contributed by atoms with Crippen molar-refractivity contribution in [3.05, 3.63) is 138 Å². The zero-order chi connectivity index (χ0) is 60.0. The number of carbonyl (C=O) groups excluding carboxylic acids is 7. The Morgan fingerprint density at radius 1 is 0.798 bits per heavy atom. The third kappa shape index (κ3) is 13.1. The third-order valence-electron chi connectivity index (χ3n) is 16.2. The topological polar surface area (TPSA) is 229 Å². The van der Waals surface area contributed by atoms with Crippen LogP contribution in [0.25, 0.3) is 5.57 Å². The van der Waals surface area contributed by atoms with Crippen LogP contribution in [0.4, 0.5) is 21.0 Å². The number of carbonyl (C=O) groups is 7. The molecule has 1 spiro atoms. The minimum Gasteiger partial charge on any atom is -0.497 e. The Bertz CT molecular complexity index is 3240. The van der Waals surface area contributed by atoms with Crippen molar-refractivity contribution < 1.29 is 71.8 Å². The van der Waals surface area contributed by atoms with Crippen molar-refractivity contribution in [1.82, 2.24) is 15.1 Å². The summed E-state index contributed by atoms with van der Waals surface area (Å²) < 4.78 is 40.3. The van der Waals surface area contributed by atoms with Gasteiger partial charge < -0.3 is 53.4 Å². The van der Waals surface area contributed by atoms with Gasteiger partial charge in [0.1, 0.15) is 31.3 Å². The van der Waals surface area contributed by atoms with Gasteiger partial charge in [-0.15, -0.1) is 0 Å². The first-order chi connectivity index (χ1) is 40.4. The maximum atomic E-state index is 14.4. The minimum absolute atomic E-state index is 0.00411. The highest BCUT2D eigenvalue weighted by atomic mass is 16.6. The van der Waals surface area contributed by atoms with E-state index in [-0.39, 0.29) is 115 Å². The molecule has 1 saturated heterocycles. The van der Waals surface area contributed by atoms with Crippen molar-refractivity contribution in [3.8, 4) is 23.0 Å². The molecule has 1 unspecified atom stereocenters. The molecule has 0 radical (unpaired) electrons. The second kappa shape index (κ2) is 25.9. The van der Waals surface area contributed by atoms with Gasteiger partial charge in [-0.3, -0.25) is 28.9 Å². The molecule has 4 aliphatic heterocycles. The number of ketones is 1. The van der Waals surface area contributed by atoms with Crippen LogP contribution in [-0.4, -0.2) is 135 Å². The summed E-state index contributed by atoms with van der Waals surface area (Å²) in [4.78, 5) is 102. The first-order valence-electron chi connectivity index (χ1n) is 28.3. The van der Waals surface area contributed by atoms with Crippen LogP contribution in [0, 0.1) is 24.2 Å². The Morgan fingerprint density at radius 2 is 1.49 bits per heavy atom. The van der Waals surface area contributed by atoms with E-state index in [1.807, 2.05) is 44.3 Å². The number of Topliss-reactive ketones (excluding diaryl/α,β-unsaturated/α-hetero) is 1. The summed E-state index contributed by atoms with van der Waals surface area (Å²) in [5.74, 6) is -1.14. The zero-order valence-corrected chi connectivity index (χ0v) is 48.4. The fraction of sp³-hybridized carbons (Fsp3) is 0.422. The fourth-order valence-corrected chi connectivity index (χ4v) is 11.3. The molecule has 0 bridgehead atoms. The number of ether oxygens (including phenoxy) is 7. The lowest BCUT2D eigenvalue weighted by Gasteiger charge is -2.31. The monoisotopic (exact) mass is 1150 g/mol. The van der Waals surface area contributed by atoms with Crippen LogP contribution in [0.2, 0.25) is 0 Å². The van der Waals surface area contributed by atoms with Crippen molar-refractivity contribution in [2.45, 2.75) is 104 Å². The number of amides is 5. The van der Waals surface area contributed by atoms with E-state index < -0.39 is 54.3 Å². The Kier molecular flexibility index (Phi) is 18.5. The molecule has 1 saturated carbocycles. The molecule has 2 N–H and O–H groups in total. The largest absolute Gasteiger partial charge is 0.497 e. The van der Waals surface area contributed by atoms with E-state index in [2.05, 4.69) is 18.5 Å². The van der Waals surface area contributed by atoms with E-state index in [0.717, 1.165) is 28.9 Å². The van der Waals surface area contributed by atoms with Crippen LogP contribution in [0.15, 0.2) is 104 Å². The molecule has 0 aromatic heterocycles. The number of aliphatic hydroxyl groups excluding tert-OH is 1. The van der Waals surface area contributed by atoms with Crippen LogP contribution in [0.3, 0.4) is 0 Å². The second-order valence-corrected chi connectivity index (χ2v) is 22.4. The molecule has 4 aromatic carbocycles. The fourth-order valence-electron chi connectivity index (χ4n) is 11.3. The Balaban J connectivity index is 0.861. The predicted octanol–water partition coefficient (Wildman–Crippen LogP) is 8.74. The lowest BCUT2D eigenvalue weighted by atomic mass is 9.91. The Morgan fingerprint density at radius 3 is 2.18 bits per heavy atom. The molecular weight excluding hydrogens is 1080 g/mol. The molecule has 444 valence electrons. The molecule has 5 atom stereocenters. The molecule has 4 aromatic rings. The van der Waals surface area contributed by atoms with E-state index >= 15 is 0 Å². The van der Waals surface area contributed by atoms with Gasteiger partial charge in [0.2, 0.25) is 5.91 Å². The summed E-state index contributed by atoms with van der Waals surface area (Å²) in [6.45, 7) is 14.8. The van der Waals surface area contributed by atoms with Crippen molar-refractivity contribution in [1.29, 1.82) is 0 Å². The number of hydrogen-bond donors (Lipinski definition) is 2. The van der Waals surface area contributed by atoms with Crippen molar-refractivity contribution in [2.75, 3.05) is 63.5 Å². The van der Waals surface area contributed by atoms with E-state index in [1.165, 1.54) is 24.2 Å². The molecule has 9 rings (SSSR count). The normalized spacial score (nSPS) is 18.9. The molecule has 84 heavy (non-hydrogen) atoms. The van der Waals surface area contributed by atoms with Gasteiger partial charge in [0, 0.05) is 37.7 Å². The summed E-state index contributed by atoms with van der Waals surface area (Å²) in [6.07, 6.45) is 4.77. The number of anilines is 2. The highest BCUT2D eigenvalue weighted by Crippen LogP contribution is 2.57. The van der Waals surface area contributed by atoms with Gasteiger partial charge in [0.25, 0.3) is 11.8 Å². The van der Waals surface area contributed by atoms with Crippen LogP contribution >= 0.6 is 0 Å². The van der Waals surface area contributed by atoms with Gasteiger partial charge in [-0.25, -0.2) is 14.5 Å². The number of aliphatic hydroxyl groups is 1. The number of methoxy groups -OCH3 is 2. The van der Waals surface area contributed by atoms with Gasteiger partial charge in [0.15, 0.2) is 23.5 Å². The number of hydrogen-bond acceptors (Lipinski definition) is 15. The Hall–Kier alpha value is -8.65. The molecule has 20 nitrogen and oxygen atoms in total. The van der Waals surface area contributed by atoms with Crippen LogP contribution in [-0.2, 0) is 41.6 Å². The van der Waals surface area contributed by atoms with Gasteiger partial charge in [0.05, 0.1) is 86.9 Å². The van der Waals surface area contributed by atoms with E-state index in [0.29, 0.717) is 54.0 Å². The quantitative estimate of drug-likeness (QED) is 0.0306. The number of aryl methyl sites for hydroxylation is 1. The molecule has 20 heteroatoms. The molecule has 5 aliphatic rings. The molecular formula is C64H73N5O15. The van der Waals surface area contributed by atoms with Gasteiger partial charge in [-0.05, 0) is 103 Å². The molecule has 5 amide bonds. The van der Waals surface area contributed by atoms with Crippen molar-refractivity contribution in [3.63, 3.8) is 0 Å². The smallest absolute Gasteiger partial charge is 0.416 e. The second-order valence-electron chi connectivity index (χ2n) is 22.4. The maximum Gasteiger partial charge on any atom is 0.416 e. The number of fused-ring (bicyclic) bond motifs is 4.